The summed E-state index contributed by atoms with van der Waals surface area (Å²) in [6, 6.07) is 10.2. The highest BCUT2D eigenvalue weighted by Gasteiger charge is 2.41. The molecule has 10 heteroatoms. The normalized spacial score (nSPS) is 23.5. The minimum Gasteiger partial charge on any atom is -0.361 e. The number of rotatable bonds is 3. The van der Waals surface area contributed by atoms with Crippen LogP contribution in [0.2, 0.25) is 0 Å². The van der Waals surface area contributed by atoms with Crippen LogP contribution in [0.5, 0.6) is 0 Å². The van der Waals surface area contributed by atoms with Crippen molar-refractivity contribution in [2.75, 3.05) is 18.4 Å². The zero-order chi connectivity index (χ0) is 22.5. The van der Waals surface area contributed by atoms with E-state index in [0.29, 0.717) is 6.42 Å². The molecule has 1 fully saturated rings. The average molecular weight is 449 g/mol. The lowest BCUT2D eigenvalue weighted by Crippen LogP contribution is -2.50. The number of hydrogen-bond donors (Lipinski definition) is 2. The van der Waals surface area contributed by atoms with Crippen LogP contribution in [0.15, 0.2) is 24.5 Å². The van der Waals surface area contributed by atoms with Gasteiger partial charge in [-0.05, 0) is 36.6 Å². The van der Waals surface area contributed by atoms with Gasteiger partial charge in [0, 0.05) is 37.5 Å². The van der Waals surface area contributed by atoms with Crippen LogP contribution in [-0.4, -0.2) is 44.9 Å². The fourth-order valence-corrected chi connectivity index (χ4v) is 4.70. The standard InChI is InChI=1S/C22H20F5N5/c23-21(24)7-9-32(10-8-21)16-6-5-13-3-1-2-4-14(13)18(16)31-20-15-11-17(22(25,26)27)30-19(15)28-12-29-20/h2,4,11-12,16,18H,5-10H2,(H2,28,29,30,31)/t16-,18-/m0/s1. The van der Waals surface area contributed by atoms with E-state index in [0.717, 1.165) is 23.6 Å². The summed E-state index contributed by atoms with van der Waals surface area (Å²) in [5.41, 5.74) is 1.06. The topological polar surface area (TPSA) is 56.8 Å². The van der Waals surface area contributed by atoms with Crippen LogP contribution in [0.3, 0.4) is 0 Å². The zero-order valence-corrected chi connectivity index (χ0v) is 16.9. The molecule has 0 spiro atoms. The smallest absolute Gasteiger partial charge is 0.361 e. The number of nitrogens with one attached hydrogen (secondary N) is 2. The van der Waals surface area contributed by atoms with Crippen LogP contribution in [0.1, 0.15) is 42.1 Å². The highest BCUT2D eigenvalue weighted by molar-refractivity contribution is 5.88. The van der Waals surface area contributed by atoms with Crippen LogP contribution in [0.25, 0.3) is 11.0 Å². The third kappa shape index (κ3) is 3.86. The van der Waals surface area contributed by atoms with E-state index >= 15 is 0 Å². The minimum absolute atomic E-state index is 0.0768. The van der Waals surface area contributed by atoms with Gasteiger partial charge in [-0.1, -0.05) is 12.1 Å². The number of halogens is 5. The van der Waals surface area contributed by atoms with Gasteiger partial charge >= 0.3 is 6.18 Å². The summed E-state index contributed by atoms with van der Waals surface area (Å²) in [5.74, 6) is -2.40. The molecule has 2 aromatic heterocycles. The van der Waals surface area contributed by atoms with E-state index in [2.05, 4.69) is 32.4 Å². The fourth-order valence-electron chi connectivity index (χ4n) is 4.70. The Balaban J connectivity index is 1.51. The molecule has 0 bridgehead atoms. The van der Waals surface area contributed by atoms with Crippen molar-refractivity contribution in [2.24, 2.45) is 0 Å². The average Bonchev–Trinajstić information content (AvgIpc) is 3.20. The first-order chi connectivity index (χ1) is 15.2. The molecular weight excluding hydrogens is 429 g/mol. The van der Waals surface area contributed by atoms with Gasteiger partial charge in [0.2, 0.25) is 0 Å². The Morgan fingerprint density at radius 2 is 1.97 bits per heavy atom. The molecule has 3 aromatic rings. The summed E-state index contributed by atoms with van der Waals surface area (Å²) in [7, 11) is 0. The van der Waals surface area contributed by atoms with Gasteiger partial charge < -0.3 is 10.3 Å². The molecule has 0 saturated carbocycles. The lowest BCUT2D eigenvalue weighted by molar-refractivity contribution is -0.140. The van der Waals surface area contributed by atoms with E-state index < -0.39 is 17.8 Å². The number of nitrogens with zero attached hydrogens (tertiary/aromatic N) is 3. The second kappa shape index (κ2) is 7.59. The number of aromatic nitrogens is 3. The molecule has 1 aromatic carbocycles. The first-order valence-electron chi connectivity index (χ1n) is 10.4. The van der Waals surface area contributed by atoms with Crippen LogP contribution < -0.4 is 5.32 Å². The molecule has 0 amide bonds. The third-order valence-electron chi connectivity index (χ3n) is 6.35. The Bertz CT molecular complexity index is 1120. The summed E-state index contributed by atoms with van der Waals surface area (Å²) in [4.78, 5) is 12.5. The number of H-pyrrole nitrogens is 1. The number of fused-ring (bicyclic) bond motifs is 2. The van der Waals surface area contributed by atoms with Crippen LogP contribution in [-0.2, 0) is 12.6 Å². The zero-order valence-electron chi connectivity index (χ0n) is 16.9. The van der Waals surface area contributed by atoms with Gasteiger partial charge in [-0.2, -0.15) is 13.2 Å². The molecule has 0 unspecified atom stereocenters. The predicted molar refractivity (Wildman–Crippen MR) is 107 cm³/mol. The molecule has 5 rings (SSSR count). The fraction of sp³-hybridized carbons (Fsp3) is 0.455. The van der Waals surface area contributed by atoms with Crippen molar-refractivity contribution in [3.05, 3.63) is 53.5 Å². The third-order valence-corrected chi connectivity index (χ3v) is 6.35. The van der Waals surface area contributed by atoms with Gasteiger partial charge in [-0.3, -0.25) is 4.90 Å². The van der Waals surface area contributed by atoms with Crippen molar-refractivity contribution in [3.8, 4) is 0 Å². The van der Waals surface area contributed by atoms with Crippen molar-refractivity contribution in [2.45, 2.75) is 49.9 Å². The van der Waals surface area contributed by atoms with Gasteiger partial charge in [0.15, 0.2) is 0 Å². The van der Waals surface area contributed by atoms with Gasteiger partial charge in [-0.15, -0.1) is 0 Å². The maximum atomic E-state index is 13.7. The monoisotopic (exact) mass is 449 g/mol. The molecule has 1 saturated heterocycles. The first-order valence-corrected chi connectivity index (χ1v) is 10.4. The summed E-state index contributed by atoms with van der Waals surface area (Å²) >= 11 is 0. The van der Waals surface area contributed by atoms with Crippen molar-refractivity contribution in [1.29, 1.82) is 0 Å². The van der Waals surface area contributed by atoms with Gasteiger partial charge in [0.25, 0.3) is 5.92 Å². The van der Waals surface area contributed by atoms with Crippen LogP contribution in [0, 0.1) is 12.1 Å². The number of likely N-dealkylation sites (tertiary alicyclic amines) is 1. The maximum absolute atomic E-state index is 13.7. The molecule has 32 heavy (non-hydrogen) atoms. The van der Waals surface area contributed by atoms with Gasteiger partial charge in [0.1, 0.15) is 23.5 Å². The van der Waals surface area contributed by atoms with Gasteiger partial charge in [-0.25, -0.2) is 18.7 Å². The minimum atomic E-state index is -4.54. The highest BCUT2D eigenvalue weighted by Crippen LogP contribution is 2.39. The molecule has 1 aliphatic carbocycles. The summed E-state index contributed by atoms with van der Waals surface area (Å²) < 4.78 is 67.1. The Morgan fingerprint density at radius 3 is 2.72 bits per heavy atom. The molecule has 2 atom stereocenters. The van der Waals surface area contributed by atoms with Crippen molar-refractivity contribution in [1.82, 2.24) is 19.9 Å². The van der Waals surface area contributed by atoms with E-state index in [1.165, 1.54) is 6.33 Å². The second-order valence-electron chi connectivity index (χ2n) is 8.32. The van der Waals surface area contributed by atoms with E-state index in [1.807, 2.05) is 11.0 Å². The van der Waals surface area contributed by atoms with E-state index in [9.17, 15) is 22.0 Å². The van der Waals surface area contributed by atoms with Gasteiger partial charge in [0.05, 0.1) is 11.4 Å². The van der Waals surface area contributed by atoms with E-state index in [-0.39, 0.29) is 54.9 Å². The number of aromatic amines is 1. The second-order valence-corrected chi connectivity index (χ2v) is 8.32. The van der Waals surface area contributed by atoms with Crippen molar-refractivity contribution >= 4 is 16.9 Å². The largest absolute Gasteiger partial charge is 0.431 e. The number of anilines is 1. The Kier molecular flexibility index (Phi) is 4.97. The molecule has 3 heterocycles. The van der Waals surface area contributed by atoms with Crippen molar-refractivity contribution in [3.63, 3.8) is 0 Å². The van der Waals surface area contributed by atoms with Crippen LogP contribution >= 0.6 is 0 Å². The Hall–Kier alpha value is -2.93. The summed E-state index contributed by atoms with van der Waals surface area (Å²) in [6.07, 6.45) is -2.32. The predicted octanol–water partition coefficient (Wildman–Crippen LogP) is 4.78. The number of alkyl halides is 5. The molecule has 5 nitrogen and oxygen atoms in total. The lowest BCUT2D eigenvalue weighted by atomic mass is 9.83. The van der Waals surface area contributed by atoms with Crippen molar-refractivity contribution < 1.29 is 22.0 Å². The Labute approximate surface area is 181 Å². The SMILES string of the molecule is FC1(F)CCN([C@H]2CCc3c#cccc3[C@@H]2Nc2ncnc3[nH]c(C(F)(F)F)cc23)CC1. The molecule has 168 valence electrons. The Morgan fingerprint density at radius 1 is 1.19 bits per heavy atom. The van der Waals surface area contributed by atoms with E-state index in [1.54, 1.807) is 6.07 Å². The lowest BCUT2D eigenvalue weighted by Gasteiger charge is -2.43. The number of hydrogen-bond acceptors (Lipinski definition) is 4. The molecular formula is C22H20F5N5. The van der Waals surface area contributed by atoms with E-state index in [4.69, 9.17) is 0 Å². The number of piperidine rings is 1. The quantitative estimate of drug-likeness (QED) is 0.566. The molecule has 0 radical (unpaired) electrons. The van der Waals surface area contributed by atoms with Crippen LogP contribution in [0.4, 0.5) is 27.8 Å². The summed E-state index contributed by atoms with van der Waals surface area (Å²) in [6.45, 7) is 0.519. The molecule has 1 aliphatic heterocycles. The molecule has 2 aliphatic rings. The highest BCUT2D eigenvalue weighted by atomic mass is 19.4. The molecule has 2 N–H and O–H groups in total. The maximum Gasteiger partial charge on any atom is 0.431 e. The summed E-state index contributed by atoms with van der Waals surface area (Å²) in [5, 5.41) is 3.54. The first kappa shape index (κ1) is 20.9.